The number of hydrogen-bond acceptors (Lipinski definition) is 5. The van der Waals surface area contributed by atoms with Gasteiger partial charge in [-0.25, -0.2) is 14.6 Å². The number of thioether (sulfide) groups is 1. The van der Waals surface area contributed by atoms with Gasteiger partial charge in [-0.2, -0.15) is 11.8 Å². The van der Waals surface area contributed by atoms with Crippen LogP contribution in [0.25, 0.3) is 0 Å². The van der Waals surface area contributed by atoms with E-state index in [-0.39, 0.29) is 0 Å². The number of nitrogens with one attached hydrogen (secondary N) is 2. The first-order valence-corrected chi connectivity index (χ1v) is 7.45. The van der Waals surface area contributed by atoms with Crippen molar-refractivity contribution < 1.29 is 14.7 Å². The molecule has 0 aliphatic rings. The van der Waals surface area contributed by atoms with Crippen molar-refractivity contribution in [3.05, 3.63) is 11.1 Å². The summed E-state index contributed by atoms with van der Waals surface area (Å²) < 4.78 is 0. The van der Waals surface area contributed by atoms with Gasteiger partial charge in [0.1, 0.15) is 6.04 Å². The van der Waals surface area contributed by atoms with Crippen molar-refractivity contribution in [2.45, 2.75) is 19.4 Å². The molecule has 0 bridgehead atoms. The zero-order chi connectivity index (χ0) is 13.5. The molecule has 0 fully saturated rings. The Hall–Kier alpha value is -1.28. The van der Waals surface area contributed by atoms with Crippen molar-refractivity contribution in [2.24, 2.45) is 0 Å². The Kier molecular flexibility index (Phi) is 5.93. The van der Waals surface area contributed by atoms with Crippen molar-refractivity contribution in [3.63, 3.8) is 0 Å². The Morgan fingerprint density at radius 2 is 2.33 bits per heavy atom. The SMILES string of the molecule is CSCC[C@@H](NC(=O)Nc1ncc(C)s1)C(=O)O. The lowest BCUT2D eigenvalue weighted by molar-refractivity contribution is -0.139. The highest BCUT2D eigenvalue weighted by atomic mass is 32.2. The zero-order valence-electron chi connectivity index (χ0n) is 10.1. The number of nitrogens with zero attached hydrogens (tertiary/aromatic N) is 1. The summed E-state index contributed by atoms with van der Waals surface area (Å²) in [5.41, 5.74) is 0. The molecule has 1 rings (SSSR count). The molecular weight excluding hydrogens is 274 g/mol. The summed E-state index contributed by atoms with van der Waals surface area (Å²) in [7, 11) is 0. The maximum Gasteiger partial charge on any atom is 0.326 e. The monoisotopic (exact) mass is 289 g/mol. The number of carboxylic acids is 1. The van der Waals surface area contributed by atoms with Gasteiger partial charge in [0.25, 0.3) is 0 Å². The van der Waals surface area contributed by atoms with Crippen molar-refractivity contribution >= 4 is 40.2 Å². The lowest BCUT2D eigenvalue weighted by atomic mass is 10.2. The summed E-state index contributed by atoms with van der Waals surface area (Å²) in [5, 5.41) is 14.3. The minimum atomic E-state index is -1.03. The van der Waals surface area contributed by atoms with E-state index in [2.05, 4.69) is 15.6 Å². The smallest absolute Gasteiger partial charge is 0.326 e. The van der Waals surface area contributed by atoms with Crippen molar-refractivity contribution in [1.82, 2.24) is 10.3 Å². The largest absolute Gasteiger partial charge is 0.480 e. The van der Waals surface area contributed by atoms with Gasteiger partial charge in [0.05, 0.1) is 0 Å². The number of aromatic nitrogens is 1. The van der Waals surface area contributed by atoms with Crippen LogP contribution in [-0.2, 0) is 4.79 Å². The van der Waals surface area contributed by atoms with Crippen LogP contribution in [0.4, 0.5) is 9.93 Å². The van der Waals surface area contributed by atoms with Gasteiger partial charge in [-0.3, -0.25) is 5.32 Å². The normalized spacial score (nSPS) is 11.9. The minimum absolute atomic E-state index is 0.390. The van der Waals surface area contributed by atoms with Crippen LogP contribution >= 0.6 is 23.1 Å². The van der Waals surface area contributed by atoms with E-state index in [4.69, 9.17) is 5.11 Å². The fourth-order valence-corrected chi connectivity index (χ4v) is 2.33. The summed E-state index contributed by atoms with van der Waals surface area (Å²) in [6.45, 7) is 1.87. The van der Waals surface area contributed by atoms with Gasteiger partial charge in [0, 0.05) is 11.1 Å². The van der Waals surface area contributed by atoms with Crippen LogP contribution in [0.5, 0.6) is 0 Å². The van der Waals surface area contributed by atoms with E-state index in [1.54, 1.807) is 6.20 Å². The van der Waals surface area contributed by atoms with Crippen LogP contribution in [0.2, 0.25) is 0 Å². The van der Waals surface area contributed by atoms with Crippen LogP contribution in [0.3, 0.4) is 0 Å². The van der Waals surface area contributed by atoms with E-state index in [1.165, 1.54) is 23.1 Å². The molecule has 3 N–H and O–H groups in total. The molecule has 2 amide bonds. The number of amides is 2. The van der Waals surface area contributed by atoms with E-state index in [0.29, 0.717) is 17.3 Å². The van der Waals surface area contributed by atoms with Crippen LogP contribution in [0.1, 0.15) is 11.3 Å². The van der Waals surface area contributed by atoms with Crippen LogP contribution in [0.15, 0.2) is 6.20 Å². The predicted molar refractivity (Wildman–Crippen MR) is 73.4 cm³/mol. The molecule has 6 nitrogen and oxygen atoms in total. The van der Waals surface area contributed by atoms with Gasteiger partial charge in [0.2, 0.25) is 0 Å². The standard InChI is InChI=1S/C10H15N3O3S2/c1-6-5-11-10(18-6)13-9(16)12-7(8(14)15)3-4-17-2/h5,7H,3-4H2,1-2H3,(H,14,15)(H2,11,12,13,16)/t7-/m1/s1. The number of carbonyl (C=O) groups is 2. The molecule has 0 spiro atoms. The molecule has 1 aromatic heterocycles. The molecule has 0 aliphatic heterocycles. The molecular formula is C10H15N3O3S2. The first-order chi connectivity index (χ1) is 8.52. The zero-order valence-corrected chi connectivity index (χ0v) is 11.7. The first kappa shape index (κ1) is 14.8. The quantitative estimate of drug-likeness (QED) is 0.742. The lowest BCUT2D eigenvalue weighted by Gasteiger charge is -2.13. The topological polar surface area (TPSA) is 91.3 Å². The molecule has 0 saturated carbocycles. The average molecular weight is 289 g/mol. The Balaban J connectivity index is 2.48. The summed E-state index contributed by atoms with van der Waals surface area (Å²) in [4.78, 5) is 27.4. The fourth-order valence-electron chi connectivity index (χ4n) is 1.20. The molecule has 0 saturated heterocycles. The third-order valence-corrected chi connectivity index (χ3v) is 3.53. The van der Waals surface area contributed by atoms with E-state index in [9.17, 15) is 9.59 Å². The van der Waals surface area contributed by atoms with Crippen LogP contribution in [-0.4, -0.2) is 40.1 Å². The Bertz CT molecular complexity index is 422. The predicted octanol–water partition coefficient (Wildman–Crippen LogP) is 1.78. The molecule has 18 heavy (non-hydrogen) atoms. The fraction of sp³-hybridized carbons (Fsp3) is 0.500. The Labute approximate surface area is 113 Å². The molecule has 1 atom stereocenters. The number of thiazole rings is 1. The third-order valence-electron chi connectivity index (χ3n) is 2.06. The van der Waals surface area contributed by atoms with E-state index in [0.717, 1.165) is 4.88 Å². The molecule has 0 unspecified atom stereocenters. The number of hydrogen-bond donors (Lipinski definition) is 3. The average Bonchev–Trinajstić information content (AvgIpc) is 2.69. The third kappa shape index (κ3) is 4.92. The van der Waals surface area contributed by atoms with Gasteiger partial charge in [-0.05, 0) is 25.4 Å². The van der Waals surface area contributed by atoms with E-state index in [1.807, 2.05) is 13.2 Å². The molecule has 1 heterocycles. The van der Waals surface area contributed by atoms with Crippen molar-refractivity contribution in [3.8, 4) is 0 Å². The van der Waals surface area contributed by atoms with Gasteiger partial charge < -0.3 is 10.4 Å². The van der Waals surface area contributed by atoms with Gasteiger partial charge in [0.15, 0.2) is 5.13 Å². The number of rotatable bonds is 6. The molecule has 0 radical (unpaired) electrons. The number of aliphatic carboxylic acids is 1. The highest BCUT2D eigenvalue weighted by Gasteiger charge is 2.19. The van der Waals surface area contributed by atoms with Crippen molar-refractivity contribution in [1.29, 1.82) is 0 Å². The number of urea groups is 1. The van der Waals surface area contributed by atoms with Gasteiger partial charge in [-0.15, -0.1) is 11.3 Å². The Morgan fingerprint density at radius 3 is 2.83 bits per heavy atom. The van der Waals surface area contributed by atoms with Crippen molar-refractivity contribution in [2.75, 3.05) is 17.3 Å². The first-order valence-electron chi connectivity index (χ1n) is 5.24. The van der Waals surface area contributed by atoms with Crippen LogP contribution in [0, 0.1) is 6.92 Å². The molecule has 1 aromatic rings. The second-order valence-electron chi connectivity index (χ2n) is 3.55. The summed E-state index contributed by atoms with van der Waals surface area (Å²) in [5.74, 6) is -0.359. The molecule has 8 heteroatoms. The maximum absolute atomic E-state index is 11.6. The molecule has 100 valence electrons. The second-order valence-corrected chi connectivity index (χ2v) is 5.77. The maximum atomic E-state index is 11.6. The van der Waals surface area contributed by atoms with Gasteiger partial charge in [-0.1, -0.05) is 0 Å². The lowest BCUT2D eigenvalue weighted by Crippen LogP contribution is -2.43. The van der Waals surface area contributed by atoms with Gasteiger partial charge >= 0.3 is 12.0 Å². The minimum Gasteiger partial charge on any atom is -0.480 e. The summed E-state index contributed by atoms with van der Waals surface area (Å²) in [6.07, 6.45) is 3.92. The molecule has 0 aliphatic carbocycles. The number of carboxylic acid groups (broad SMARTS) is 1. The molecule has 0 aromatic carbocycles. The number of aryl methyl sites for hydroxylation is 1. The number of anilines is 1. The number of carbonyl (C=O) groups excluding carboxylic acids is 1. The Morgan fingerprint density at radius 1 is 1.61 bits per heavy atom. The summed E-state index contributed by atoms with van der Waals surface area (Å²) >= 11 is 2.87. The van der Waals surface area contributed by atoms with Crippen LogP contribution < -0.4 is 10.6 Å². The van der Waals surface area contributed by atoms with E-state index >= 15 is 0 Å². The second kappa shape index (κ2) is 7.22. The highest BCUT2D eigenvalue weighted by Crippen LogP contribution is 2.16. The highest BCUT2D eigenvalue weighted by molar-refractivity contribution is 7.98. The van der Waals surface area contributed by atoms with E-state index < -0.39 is 18.0 Å². The summed E-state index contributed by atoms with van der Waals surface area (Å²) in [6, 6.07) is -1.42.